The van der Waals surface area contributed by atoms with Crippen molar-refractivity contribution in [3.8, 4) is 0 Å². The number of aromatic nitrogens is 1. The largest absolute Gasteiger partial charge is 0.337 e. The normalized spacial score (nSPS) is 8.71. The minimum absolute atomic E-state index is 0.250. The Morgan fingerprint density at radius 2 is 2.71 bits per heavy atom. The minimum atomic E-state index is 0.250. The monoisotopic (exact) mass is 100 g/mol. The molecule has 1 rings (SSSR count). The molecule has 0 spiro atoms. The number of nitrogens with zero attached hydrogens (tertiary/aromatic N) is 1. The summed E-state index contributed by atoms with van der Waals surface area (Å²) in [5.41, 5.74) is 1.78. The van der Waals surface area contributed by atoms with Crippen molar-refractivity contribution in [2.24, 2.45) is 0 Å². The highest BCUT2D eigenvalue weighted by molar-refractivity contribution is 5.22. The van der Waals surface area contributed by atoms with Crippen molar-refractivity contribution in [3.63, 3.8) is 0 Å². The number of rotatable bonds is 1. The molecule has 2 N–H and O–H groups in total. The molecule has 0 radical (unpaired) electrons. The Bertz CT molecular complexity index is 125. The van der Waals surface area contributed by atoms with Gasteiger partial charge in [0.1, 0.15) is 0 Å². The van der Waals surface area contributed by atoms with Gasteiger partial charge in [-0.1, -0.05) is 5.16 Å². The van der Waals surface area contributed by atoms with E-state index >= 15 is 0 Å². The van der Waals surface area contributed by atoms with Gasteiger partial charge < -0.3 is 4.52 Å². The van der Waals surface area contributed by atoms with Crippen molar-refractivity contribution >= 4 is 5.88 Å². The predicted octanol–water partition coefficient (Wildman–Crippen LogP) is 0.476. The van der Waals surface area contributed by atoms with E-state index in [1.807, 2.05) is 0 Å². The van der Waals surface area contributed by atoms with E-state index in [1.165, 1.54) is 12.3 Å². The maximum absolute atomic E-state index is 8.04. The van der Waals surface area contributed by atoms with Gasteiger partial charge in [-0.05, 0) is 0 Å². The van der Waals surface area contributed by atoms with Gasteiger partial charge in [-0.25, -0.2) is 5.48 Å². The highest BCUT2D eigenvalue weighted by Gasteiger charge is 1.86. The molecule has 38 valence electrons. The van der Waals surface area contributed by atoms with Crippen LogP contribution < -0.4 is 5.48 Å². The van der Waals surface area contributed by atoms with E-state index in [0.29, 0.717) is 0 Å². The fraction of sp³-hybridized carbons (Fsp3) is 0. The lowest BCUT2D eigenvalue weighted by atomic mass is 10.7. The van der Waals surface area contributed by atoms with Crippen molar-refractivity contribution in [2.45, 2.75) is 0 Å². The summed E-state index contributed by atoms with van der Waals surface area (Å²) in [7, 11) is 0. The van der Waals surface area contributed by atoms with E-state index in [0.717, 1.165) is 0 Å². The van der Waals surface area contributed by atoms with Crippen LogP contribution in [0.1, 0.15) is 0 Å². The fourth-order valence-corrected chi connectivity index (χ4v) is 0.273. The van der Waals surface area contributed by atoms with Crippen LogP contribution in [0.4, 0.5) is 5.88 Å². The first kappa shape index (κ1) is 4.14. The van der Waals surface area contributed by atoms with Crippen LogP contribution in [0.2, 0.25) is 0 Å². The standard InChI is InChI=1S/C3H4N2O2/c6-5-3-1-2-4-7-3/h1-2,5-6H. The summed E-state index contributed by atoms with van der Waals surface area (Å²) < 4.78 is 4.37. The average molecular weight is 100 g/mol. The number of nitrogens with one attached hydrogen (secondary N) is 1. The first-order chi connectivity index (χ1) is 3.43. The molecule has 4 nitrogen and oxygen atoms in total. The van der Waals surface area contributed by atoms with Gasteiger partial charge in [0.05, 0.1) is 6.20 Å². The maximum Gasteiger partial charge on any atom is 0.247 e. The van der Waals surface area contributed by atoms with Gasteiger partial charge >= 0.3 is 0 Å². The number of hydrogen-bond acceptors (Lipinski definition) is 4. The molecule has 0 aliphatic heterocycles. The lowest BCUT2D eigenvalue weighted by Gasteiger charge is -1.81. The third-order valence-electron chi connectivity index (χ3n) is 0.548. The van der Waals surface area contributed by atoms with E-state index in [-0.39, 0.29) is 5.88 Å². The molecule has 0 aliphatic rings. The Hall–Kier alpha value is -1.03. The Morgan fingerprint density at radius 3 is 3.00 bits per heavy atom. The lowest BCUT2D eigenvalue weighted by Crippen LogP contribution is -1.83. The molecule has 0 saturated carbocycles. The molecule has 0 atom stereocenters. The molecular weight excluding hydrogens is 96.0 g/mol. The van der Waals surface area contributed by atoms with Crippen LogP contribution >= 0.6 is 0 Å². The van der Waals surface area contributed by atoms with Crippen molar-refractivity contribution < 1.29 is 9.73 Å². The second-order valence-corrected chi connectivity index (χ2v) is 0.988. The minimum Gasteiger partial charge on any atom is -0.337 e. The molecule has 1 aromatic heterocycles. The number of anilines is 1. The Labute approximate surface area is 39.7 Å². The van der Waals surface area contributed by atoms with Gasteiger partial charge in [0.25, 0.3) is 0 Å². The van der Waals surface area contributed by atoms with E-state index in [2.05, 4.69) is 9.68 Å². The molecule has 0 aromatic carbocycles. The molecule has 1 aromatic rings. The van der Waals surface area contributed by atoms with Crippen LogP contribution in [-0.4, -0.2) is 10.4 Å². The topological polar surface area (TPSA) is 58.3 Å². The van der Waals surface area contributed by atoms with Gasteiger partial charge in [0.15, 0.2) is 0 Å². The van der Waals surface area contributed by atoms with E-state index in [4.69, 9.17) is 5.21 Å². The molecule has 0 fully saturated rings. The maximum atomic E-state index is 8.04. The summed E-state index contributed by atoms with van der Waals surface area (Å²) in [4.78, 5) is 0. The van der Waals surface area contributed by atoms with Crippen molar-refractivity contribution in [1.29, 1.82) is 0 Å². The smallest absolute Gasteiger partial charge is 0.247 e. The van der Waals surface area contributed by atoms with Gasteiger partial charge in [0.2, 0.25) is 5.88 Å². The summed E-state index contributed by atoms with van der Waals surface area (Å²) >= 11 is 0. The highest BCUT2D eigenvalue weighted by Crippen LogP contribution is 1.99. The SMILES string of the molecule is ONc1ccno1. The molecule has 0 amide bonds. The first-order valence-corrected chi connectivity index (χ1v) is 1.74. The molecular formula is C3H4N2O2. The summed E-state index contributed by atoms with van der Waals surface area (Å²) in [5, 5.41) is 11.3. The van der Waals surface area contributed by atoms with Gasteiger partial charge in [-0.15, -0.1) is 0 Å². The van der Waals surface area contributed by atoms with Crippen LogP contribution in [0.15, 0.2) is 16.8 Å². The molecule has 7 heavy (non-hydrogen) atoms. The van der Waals surface area contributed by atoms with Crippen LogP contribution in [0.25, 0.3) is 0 Å². The summed E-state index contributed by atoms with van der Waals surface area (Å²) in [6.07, 6.45) is 1.43. The van der Waals surface area contributed by atoms with E-state index in [1.54, 1.807) is 5.48 Å². The zero-order chi connectivity index (χ0) is 5.11. The Balaban J connectivity index is 2.76. The third kappa shape index (κ3) is 0.690. The first-order valence-electron chi connectivity index (χ1n) is 1.74. The molecule has 0 aliphatic carbocycles. The summed E-state index contributed by atoms with van der Waals surface area (Å²) in [6, 6.07) is 1.50. The molecule has 4 heteroatoms. The fourth-order valence-electron chi connectivity index (χ4n) is 0.273. The average Bonchev–Trinajstić information content (AvgIpc) is 2.14. The van der Waals surface area contributed by atoms with Crippen LogP contribution in [0.5, 0.6) is 0 Å². The van der Waals surface area contributed by atoms with Crippen molar-refractivity contribution in [1.82, 2.24) is 5.16 Å². The van der Waals surface area contributed by atoms with Crippen molar-refractivity contribution in [2.75, 3.05) is 5.48 Å². The Morgan fingerprint density at radius 1 is 1.86 bits per heavy atom. The molecule has 0 bridgehead atoms. The third-order valence-corrected chi connectivity index (χ3v) is 0.548. The van der Waals surface area contributed by atoms with Gasteiger partial charge in [0, 0.05) is 6.07 Å². The van der Waals surface area contributed by atoms with E-state index in [9.17, 15) is 0 Å². The predicted molar refractivity (Wildman–Crippen MR) is 21.9 cm³/mol. The van der Waals surface area contributed by atoms with Gasteiger partial charge in [-0.3, -0.25) is 5.21 Å². The molecule has 1 heterocycles. The Kier molecular flexibility index (Phi) is 0.953. The second kappa shape index (κ2) is 1.61. The quantitative estimate of drug-likeness (QED) is 0.504. The molecule has 0 unspecified atom stereocenters. The van der Waals surface area contributed by atoms with Crippen molar-refractivity contribution in [3.05, 3.63) is 12.3 Å². The zero-order valence-electron chi connectivity index (χ0n) is 3.46. The van der Waals surface area contributed by atoms with Gasteiger partial charge in [-0.2, -0.15) is 0 Å². The van der Waals surface area contributed by atoms with Crippen LogP contribution in [-0.2, 0) is 0 Å². The number of hydrogen-bond donors (Lipinski definition) is 2. The van der Waals surface area contributed by atoms with E-state index < -0.39 is 0 Å². The van der Waals surface area contributed by atoms with Crippen LogP contribution in [0.3, 0.4) is 0 Å². The highest BCUT2D eigenvalue weighted by atomic mass is 16.5. The summed E-state index contributed by atoms with van der Waals surface area (Å²) in [6.45, 7) is 0. The summed E-state index contributed by atoms with van der Waals surface area (Å²) in [5.74, 6) is 0.250. The lowest BCUT2D eigenvalue weighted by molar-refractivity contribution is 0.337. The zero-order valence-corrected chi connectivity index (χ0v) is 3.46. The molecule has 0 saturated heterocycles. The second-order valence-electron chi connectivity index (χ2n) is 0.988. The van der Waals surface area contributed by atoms with Crippen LogP contribution in [0, 0.1) is 0 Å².